The second-order valence-corrected chi connectivity index (χ2v) is 10.3. The molecule has 1 amide bonds. The van der Waals surface area contributed by atoms with Crippen molar-refractivity contribution in [3.63, 3.8) is 0 Å². The predicted molar refractivity (Wildman–Crippen MR) is 132 cm³/mol. The summed E-state index contributed by atoms with van der Waals surface area (Å²) >= 11 is 15.6. The molecular formula is C25H19BrCl2N2O4. The molecule has 2 aromatic carbocycles. The van der Waals surface area contributed by atoms with Gasteiger partial charge in [0.2, 0.25) is 0 Å². The number of amides is 1. The number of benzene rings is 2. The number of nitrogens with zero attached hydrogens (tertiary/aromatic N) is 2. The van der Waals surface area contributed by atoms with Gasteiger partial charge in [-0.1, -0.05) is 45.2 Å². The number of carboxylic acids is 1. The van der Waals surface area contributed by atoms with Crippen LogP contribution in [0.4, 0.5) is 5.69 Å². The van der Waals surface area contributed by atoms with Crippen molar-refractivity contribution in [2.75, 3.05) is 4.90 Å². The Bertz CT molecular complexity index is 1260. The number of carbonyl (C=O) groups is 2. The number of rotatable bonds is 6. The molecule has 0 spiro atoms. The highest BCUT2D eigenvalue weighted by Gasteiger charge is 2.54. The number of carbonyl (C=O) groups excluding carboxylic acids is 1. The average Bonchev–Trinajstić information content (AvgIpc) is 3.00. The van der Waals surface area contributed by atoms with Gasteiger partial charge in [0.15, 0.2) is 5.72 Å². The number of anilines is 1. The van der Waals surface area contributed by atoms with Crippen molar-refractivity contribution in [2.24, 2.45) is 5.92 Å². The number of hydrogen-bond donors (Lipinski definition) is 1. The highest BCUT2D eigenvalue weighted by molar-refractivity contribution is 9.10. The Morgan fingerprint density at radius 2 is 1.82 bits per heavy atom. The van der Waals surface area contributed by atoms with E-state index in [9.17, 15) is 14.7 Å². The fraction of sp³-hybridized carbons (Fsp3) is 0.240. The van der Waals surface area contributed by atoms with Crippen LogP contribution in [-0.2, 0) is 21.7 Å². The van der Waals surface area contributed by atoms with Gasteiger partial charge in [-0.25, -0.2) is 0 Å². The van der Waals surface area contributed by atoms with Gasteiger partial charge in [0.1, 0.15) is 0 Å². The summed E-state index contributed by atoms with van der Waals surface area (Å²) in [5.41, 5.74) is 1.28. The molecule has 3 aromatic rings. The summed E-state index contributed by atoms with van der Waals surface area (Å²) in [5, 5.41) is 10.4. The van der Waals surface area contributed by atoms with E-state index >= 15 is 0 Å². The zero-order chi connectivity index (χ0) is 24.0. The maximum absolute atomic E-state index is 13.8. The van der Waals surface area contributed by atoms with E-state index in [2.05, 4.69) is 20.9 Å². The molecule has 6 nitrogen and oxygen atoms in total. The molecule has 34 heavy (non-hydrogen) atoms. The van der Waals surface area contributed by atoms with Crippen LogP contribution < -0.4 is 4.90 Å². The van der Waals surface area contributed by atoms with Crippen molar-refractivity contribution < 1.29 is 19.4 Å². The van der Waals surface area contributed by atoms with E-state index in [1.807, 2.05) is 12.1 Å². The molecule has 0 radical (unpaired) electrons. The molecule has 1 saturated carbocycles. The van der Waals surface area contributed by atoms with E-state index in [1.165, 1.54) is 0 Å². The maximum Gasteiger partial charge on any atom is 0.306 e. The highest BCUT2D eigenvalue weighted by atomic mass is 79.9. The zero-order valence-electron chi connectivity index (χ0n) is 17.7. The molecule has 1 N–H and O–H groups in total. The molecule has 174 valence electrons. The second kappa shape index (κ2) is 8.96. The fourth-order valence-electron chi connectivity index (χ4n) is 4.58. The first-order valence-electron chi connectivity index (χ1n) is 10.7. The largest absolute Gasteiger partial charge is 0.481 e. The lowest BCUT2D eigenvalue weighted by Crippen LogP contribution is -2.52. The second-order valence-electron chi connectivity index (χ2n) is 8.48. The lowest BCUT2D eigenvalue weighted by atomic mass is 9.81. The van der Waals surface area contributed by atoms with Gasteiger partial charge >= 0.3 is 5.97 Å². The van der Waals surface area contributed by atoms with Crippen molar-refractivity contribution >= 4 is 56.7 Å². The number of ether oxygens (including phenoxy) is 1. The molecule has 5 rings (SSSR count). The summed E-state index contributed by atoms with van der Waals surface area (Å²) in [6.07, 6.45) is 2.23. The van der Waals surface area contributed by atoms with Gasteiger partial charge in [-0.3, -0.25) is 19.5 Å². The van der Waals surface area contributed by atoms with Crippen molar-refractivity contribution in [1.82, 2.24) is 4.98 Å². The topological polar surface area (TPSA) is 79.7 Å². The Labute approximate surface area is 214 Å². The fourth-order valence-corrected chi connectivity index (χ4v) is 5.18. The van der Waals surface area contributed by atoms with Crippen molar-refractivity contribution in [1.29, 1.82) is 0 Å². The third kappa shape index (κ3) is 4.11. The average molecular weight is 562 g/mol. The van der Waals surface area contributed by atoms with Gasteiger partial charge in [-0.2, -0.15) is 0 Å². The summed E-state index contributed by atoms with van der Waals surface area (Å²) in [6, 6.07) is 16.0. The molecule has 1 aliphatic carbocycles. The zero-order valence-corrected chi connectivity index (χ0v) is 20.8. The normalized spacial score (nSPS) is 23.5. The molecule has 1 unspecified atom stereocenters. The van der Waals surface area contributed by atoms with E-state index in [0.717, 1.165) is 4.47 Å². The Kier molecular flexibility index (Phi) is 6.14. The maximum atomic E-state index is 13.8. The molecule has 0 saturated heterocycles. The number of aliphatic carboxylic acids is 1. The van der Waals surface area contributed by atoms with E-state index in [4.69, 9.17) is 27.9 Å². The Hall–Kier alpha value is -2.45. The molecule has 2 heterocycles. The minimum atomic E-state index is -1.23. The van der Waals surface area contributed by atoms with Gasteiger partial charge in [0.25, 0.3) is 5.91 Å². The third-order valence-corrected chi connectivity index (χ3v) is 7.27. The summed E-state index contributed by atoms with van der Waals surface area (Å²) in [5.74, 6) is -1.52. The van der Waals surface area contributed by atoms with Crippen LogP contribution in [0.1, 0.15) is 34.5 Å². The molecule has 0 bridgehead atoms. The highest BCUT2D eigenvalue weighted by Crippen LogP contribution is 2.49. The first kappa shape index (κ1) is 23.3. The SMILES string of the molecule is O=C(O)C1CC(OC2(Cc3ccc(Cl)cn3)c3ccc(Br)cc3C(=O)N2c2ccc(Cl)cc2)C1. The Morgan fingerprint density at radius 1 is 1.12 bits per heavy atom. The first-order chi connectivity index (χ1) is 16.3. The monoisotopic (exact) mass is 560 g/mol. The van der Waals surface area contributed by atoms with Crippen LogP contribution >= 0.6 is 39.1 Å². The quantitative estimate of drug-likeness (QED) is 0.394. The lowest BCUT2D eigenvalue weighted by molar-refractivity contribution is -0.166. The number of fused-ring (bicyclic) bond motifs is 1. The minimum Gasteiger partial charge on any atom is -0.481 e. The molecule has 1 aromatic heterocycles. The summed E-state index contributed by atoms with van der Waals surface area (Å²) < 4.78 is 7.47. The lowest BCUT2D eigenvalue weighted by Gasteiger charge is -2.45. The van der Waals surface area contributed by atoms with Crippen LogP contribution in [0.15, 0.2) is 65.3 Å². The van der Waals surface area contributed by atoms with Gasteiger partial charge in [0, 0.05) is 44.6 Å². The molecule has 2 aliphatic rings. The molecule has 1 atom stereocenters. The van der Waals surface area contributed by atoms with Crippen LogP contribution in [-0.4, -0.2) is 28.1 Å². The predicted octanol–water partition coefficient (Wildman–Crippen LogP) is 6.09. The van der Waals surface area contributed by atoms with E-state index in [-0.39, 0.29) is 18.4 Å². The van der Waals surface area contributed by atoms with Crippen LogP contribution in [0.25, 0.3) is 0 Å². The van der Waals surface area contributed by atoms with Crippen molar-refractivity contribution in [3.8, 4) is 0 Å². The third-order valence-electron chi connectivity index (χ3n) is 6.30. The van der Waals surface area contributed by atoms with Crippen LogP contribution in [0, 0.1) is 5.92 Å². The Morgan fingerprint density at radius 3 is 2.47 bits per heavy atom. The van der Waals surface area contributed by atoms with Crippen molar-refractivity contribution in [3.05, 3.63) is 92.1 Å². The van der Waals surface area contributed by atoms with Gasteiger partial charge in [-0.05, 0) is 61.4 Å². The van der Waals surface area contributed by atoms with E-state index < -0.39 is 17.6 Å². The van der Waals surface area contributed by atoms with Gasteiger partial charge < -0.3 is 9.84 Å². The molecule has 9 heteroatoms. The number of pyridine rings is 1. The minimum absolute atomic E-state index is 0.221. The standard InChI is InChI=1S/C25H19BrCl2N2O4/c26-15-1-8-22-21(11-15)23(31)30(19-6-3-16(27)4-7-19)25(22,12-18-5-2-17(28)13-29-18)34-20-9-14(10-20)24(32)33/h1-8,11,13-14,20H,9-10,12H2,(H,32,33). The van der Waals surface area contributed by atoms with Crippen LogP contribution in [0.5, 0.6) is 0 Å². The summed E-state index contributed by atoms with van der Waals surface area (Å²) in [7, 11) is 0. The first-order valence-corrected chi connectivity index (χ1v) is 12.2. The van der Waals surface area contributed by atoms with Crippen LogP contribution in [0.3, 0.4) is 0 Å². The van der Waals surface area contributed by atoms with Crippen molar-refractivity contribution in [2.45, 2.75) is 31.1 Å². The molecular weight excluding hydrogens is 543 g/mol. The smallest absolute Gasteiger partial charge is 0.306 e. The Balaban J connectivity index is 1.66. The van der Waals surface area contributed by atoms with Gasteiger partial charge in [0.05, 0.1) is 17.0 Å². The van der Waals surface area contributed by atoms with Gasteiger partial charge in [-0.15, -0.1) is 0 Å². The van der Waals surface area contributed by atoms with E-state index in [1.54, 1.807) is 53.6 Å². The number of halogens is 3. The van der Waals surface area contributed by atoms with E-state index in [0.29, 0.717) is 45.4 Å². The van der Waals surface area contributed by atoms with Crippen LogP contribution in [0.2, 0.25) is 10.0 Å². The number of aromatic nitrogens is 1. The summed E-state index contributed by atoms with van der Waals surface area (Å²) in [6.45, 7) is 0. The molecule has 1 aliphatic heterocycles. The molecule has 1 fully saturated rings. The number of hydrogen-bond acceptors (Lipinski definition) is 4. The summed E-state index contributed by atoms with van der Waals surface area (Å²) in [4.78, 5) is 31.3. The number of carboxylic acid groups (broad SMARTS) is 1.